The van der Waals surface area contributed by atoms with E-state index in [4.69, 9.17) is 9.88 Å². The van der Waals surface area contributed by atoms with Crippen molar-refractivity contribution in [3.8, 4) is 5.75 Å². The molecule has 0 aliphatic carbocycles. The van der Waals surface area contributed by atoms with E-state index in [9.17, 15) is 23.1 Å². The summed E-state index contributed by atoms with van der Waals surface area (Å²) in [5.74, 6) is -1.35. The predicted octanol–water partition coefficient (Wildman–Crippen LogP) is 3.77. The van der Waals surface area contributed by atoms with Gasteiger partial charge in [-0.3, -0.25) is 9.59 Å². The molecule has 1 heterocycles. The van der Waals surface area contributed by atoms with Crippen molar-refractivity contribution in [1.29, 1.82) is 0 Å². The number of hydrogen-bond donors (Lipinski definition) is 2. The van der Waals surface area contributed by atoms with Gasteiger partial charge in [0.2, 0.25) is 10.0 Å². The summed E-state index contributed by atoms with van der Waals surface area (Å²) in [6.45, 7) is 0.138. The van der Waals surface area contributed by atoms with Crippen LogP contribution in [0.3, 0.4) is 0 Å². The van der Waals surface area contributed by atoms with Crippen molar-refractivity contribution >= 4 is 43.4 Å². The number of hydrogen-bond acceptors (Lipinski definition) is 6. The smallest absolute Gasteiger partial charge is 0.295 e. The highest BCUT2D eigenvalue weighted by Crippen LogP contribution is 2.42. The lowest BCUT2D eigenvalue weighted by Crippen LogP contribution is -2.31. The van der Waals surface area contributed by atoms with Crippen LogP contribution in [0.2, 0.25) is 0 Å². The van der Waals surface area contributed by atoms with Gasteiger partial charge in [-0.15, -0.1) is 0 Å². The van der Waals surface area contributed by atoms with Crippen LogP contribution in [-0.4, -0.2) is 43.8 Å². The molecule has 1 aliphatic heterocycles. The lowest BCUT2D eigenvalue weighted by Gasteiger charge is -2.26. The molecule has 186 valence electrons. The molecule has 0 spiro atoms. The van der Waals surface area contributed by atoms with E-state index in [1.54, 1.807) is 60.7 Å². The number of aliphatic hydroxyl groups is 1. The summed E-state index contributed by atoms with van der Waals surface area (Å²) in [6.07, 6.45) is 0.335. The number of carbonyl (C=O) groups is 2. The van der Waals surface area contributed by atoms with E-state index in [0.29, 0.717) is 23.3 Å². The Morgan fingerprint density at radius 2 is 1.67 bits per heavy atom. The van der Waals surface area contributed by atoms with Crippen LogP contribution < -0.4 is 9.88 Å². The normalized spacial score (nSPS) is 17.4. The number of carbonyl (C=O) groups excluding carboxylic acids is 2. The minimum atomic E-state index is -3.82. The number of methoxy groups -OCH3 is 1. The first-order valence-electron chi connectivity index (χ1n) is 10.9. The van der Waals surface area contributed by atoms with Gasteiger partial charge in [0.25, 0.3) is 11.7 Å². The molecule has 3 aromatic rings. The maximum Gasteiger partial charge on any atom is 0.295 e. The maximum absolute atomic E-state index is 13.2. The van der Waals surface area contributed by atoms with Crippen molar-refractivity contribution in [2.45, 2.75) is 17.4 Å². The molecule has 1 saturated heterocycles. The largest absolute Gasteiger partial charge is 0.507 e. The van der Waals surface area contributed by atoms with E-state index >= 15 is 0 Å². The summed E-state index contributed by atoms with van der Waals surface area (Å²) in [6, 6.07) is 18.9. The molecule has 0 aromatic heterocycles. The molecule has 10 heteroatoms. The molecule has 8 nitrogen and oxygen atoms in total. The van der Waals surface area contributed by atoms with Gasteiger partial charge in [-0.25, -0.2) is 13.6 Å². The third-order valence-electron chi connectivity index (χ3n) is 5.98. The number of halogens is 1. The van der Waals surface area contributed by atoms with Crippen molar-refractivity contribution in [2.75, 3.05) is 13.7 Å². The fourth-order valence-electron chi connectivity index (χ4n) is 4.18. The summed E-state index contributed by atoms with van der Waals surface area (Å²) < 4.78 is 29.4. The Labute approximate surface area is 217 Å². The van der Waals surface area contributed by atoms with E-state index in [1.165, 1.54) is 24.1 Å². The lowest BCUT2D eigenvalue weighted by molar-refractivity contribution is -0.139. The molecule has 0 unspecified atom stereocenters. The quantitative estimate of drug-likeness (QED) is 0.253. The monoisotopic (exact) mass is 570 g/mol. The molecular formula is C26H23BrN2O6S. The Kier molecular flexibility index (Phi) is 7.30. The molecular weight excluding hydrogens is 548 g/mol. The van der Waals surface area contributed by atoms with Crippen molar-refractivity contribution < 1.29 is 27.9 Å². The van der Waals surface area contributed by atoms with Crippen LogP contribution in [0.4, 0.5) is 0 Å². The Morgan fingerprint density at radius 3 is 2.28 bits per heavy atom. The molecule has 36 heavy (non-hydrogen) atoms. The van der Waals surface area contributed by atoms with Gasteiger partial charge < -0.3 is 14.7 Å². The van der Waals surface area contributed by atoms with Gasteiger partial charge >= 0.3 is 0 Å². The van der Waals surface area contributed by atoms with Crippen LogP contribution in [0, 0.1) is 0 Å². The number of nitrogens with two attached hydrogens (primary N) is 1. The first-order valence-corrected chi connectivity index (χ1v) is 13.2. The van der Waals surface area contributed by atoms with Crippen molar-refractivity contribution in [1.82, 2.24) is 4.90 Å². The van der Waals surface area contributed by atoms with E-state index < -0.39 is 27.8 Å². The van der Waals surface area contributed by atoms with Crippen LogP contribution in [0.25, 0.3) is 5.76 Å². The molecule has 1 aliphatic rings. The van der Waals surface area contributed by atoms with Gasteiger partial charge in [0.15, 0.2) is 0 Å². The number of sulfonamides is 1. The zero-order valence-corrected chi connectivity index (χ0v) is 21.6. The number of Topliss-reactive ketones (excluding diaryl/α,β-unsaturated/α-hetero) is 1. The van der Waals surface area contributed by atoms with Gasteiger partial charge in [0, 0.05) is 22.1 Å². The first kappa shape index (κ1) is 25.6. The predicted molar refractivity (Wildman–Crippen MR) is 138 cm³/mol. The van der Waals surface area contributed by atoms with Crippen LogP contribution in [0.5, 0.6) is 5.75 Å². The number of benzene rings is 3. The zero-order valence-electron chi connectivity index (χ0n) is 19.2. The van der Waals surface area contributed by atoms with E-state index in [2.05, 4.69) is 15.9 Å². The maximum atomic E-state index is 13.2. The molecule has 0 bridgehead atoms. The third kappa shape index (κ3) is 5.06. The number of aliphatic hydroxyl groups excluding tert-OH is 1. The Morgan fingerprint density at radius 1 is 1.03 bits per heavy atom. The fourth-order valence-corrected chi connectivity index (χ4v) is 4.96. The molecule has 0 radical (unpaired) electrons. The molecule has 4 rings (SSSR count). The van der Waals surface area contributed by atoms with Gasteiger partial charge in [-0.05, 0) is 42.3 Å². The Hall–Kier alpha value is -3.47. The van der Waals surface area contributed by atoms with Gasteiger partial charge in [-0.2, -0.15) is 0 Å². The lowest BCUT2D eigenvalue weighted by atomic mass is 9.94. The number of amides is 1. The van der Waals surface area contributed by atoms with E-state index in [1.807, 2.05) is 0 Å². The van der Waals surface area contributed by atoms with Crippen molar-refractivity contribution in [3.63, 3.8) is 0 Å². The summed E-state index contributed by atoms with van der Waals surface area (Å²) in [5.41, 5.74) is 1.67. The highest BCUT2D eigenvalue weighted by molar-refractivity contribution is 9.10. The van der Waals surface area contributed by atoms with E-state index in [0.717, 1.165) is 10.0 Å². The number of nitrogens with zero attached hydrogens (tertiary/aromatic N) is 1. The minimum Gasteiger partial charge on any atom is -0.507 e. The topological polar surface area (TPSA) is 127 Å². The molecule has 3 aromatic carbocycles. The van der Waals surface area contributed by atoms with Crippen LogP contribution in [0.15, 0.2) is 87.7 Å². The molecule has 1 atom stereocenters. The summed E-state index contributed by atoms with van der Waals surface area (Å²) in [7, 11) is -2.33. The summed E-state index contributed by atoms with van der Waals surface area (Å²) in [4.78, 5) is 27.8. The molecule has 3 N–H and O–H groups in total. The average Bonchev–Trinajstić information content (AvgIpc) is 3.12. The second-order valence-electron chi connectivity index (χ2n) is 8.18. The third-order valence-corrected chi connectivity index (χ3v) is 7.44. The van der Waals surface area contributed by atoms with Gasteiger partial charge in [0.1, 0.15) is 11.5 Å². The first-order chi connectivity index (χ1) is 17.1. The number of ether oxygens (including phenoxy) is 1. The van der Waals surface area contributed by atoms with Gasteiger partial charge in [-0.1, -0.05) is 58.4 Å². The summed E-state index contributed by atoms with van der Waals surface area (Å²) in [5, 5.41) is 16.3. The van der Waals surface area contributed by atoms with E-state index in [-0.39, 0.29) is 22.8 Å². The fraction of sp³-hybridized carbons (Fsp3) is 0.154. The van der Waals surface area contributed by atoms with Crippen molar-refractivity contribution in [3.05, 3.63) is 99.5 Å². The second kappa shape index (κ2) is 10.3. The highest BCUT2D eigenvalue weighted by Gasteiger charge is 2.46. The number of para-hydroxylation sites is 1. The zero-order chi connectivity index (χ0) is 26.0. The highest BCUT2D eigenvalue weighted by atomic mass is 79.9. The van der Waals surface area contributed by atoms with Gasteiger partial charge in [0.05, 0.1) is 23.6 Å². The number of primary sulfonamides is 1. The molecule has 1 amide bonds. The van der Waals surface area contributed by atoms with Crippen LogP contribution in [0.1, 0.15) is 22.7 Å². The van der Waals surface area contributed by atoms with Crippen molar-refractivity contribution in [2.24, 2.45) is 5.14 Å². The number of likely N-dealkylation sites (tertiary alicyclic amines) is 1. The number of rotatable bonds is 7. The number of ketones is 1. The Bertz CT molecular complexity index is 1450. The molecule has 1 fully saturated rings. The SMILES string of the molecule is COc1ccccc1[C@H]1C(=C(O)c2ccc(Br)cc2)C(=O)C(=O)N1CCc1ccc(S(N)(=O)=O)cc1. The second-order valence-corrected chi connectivity index (χ2v) is 10.7. The van der Waals surface area contributed by atoms with Crippen LogP contribution in [-0.2, 0) is 26.0 Å². The average molecular weight is 571 g/mol. The minimum absolute atomic E-state index is 0.0183. The Balaban J connectivity index is 1.76. The standard InChI is InChI=1S/C26H23BrN2O6S/c1-35-21-5-3-2-4-20(21)23-22(24(30)17-8-10-18(27)11-9-17)25(31)26(32)29(23)15-14-16-6-12-19(13-7-16)36(28,33)34/h2-13,23,30H,14-15H2,1H3,(H2,28,33,34)/t23-/m0/s1. The summed E-state index contributed by atoms with van der Waals surface area (Å²) >= 11 is 3.35. The molecule has 0 saturated carbocycles. The van der Waals surface area contributed by atoms with Crippen LogP contribution >= 0.6 is 15.9 Å².